The molecule has 1 saturated carbocycles. The van der Waals surface area contributed by atoms with E-state index in [2.05, 4.69) is 0 Å². The molecule has 0 unspecified atom stereocenters. The molecule has 1 aliphatic rings. The van der Waals surface area contributed by atoms with E-state index in [1.54, 1.807) is 0 Å². The van der Waals surface area contributed by atoms with Crippen LogP contribution in [0.1, 0.15) is 64.2 Å². The van der Waals surface area contributed by atoms with Gasteiger partial charge in [-0.1, -0.05) is 25.7 Å². The summed E-state index contributed by atoms with van der Waals surface area (Å²) in [5, 5.41) is 17.8. The Morgan fingerprint density at radius 2 is 1.62 bits per heavy atom. The molecule has 1 aliphatic carbocycles. The predicted octanol–water partition coefficient (Wildman–Crippen LogP) is 2.96. The molecule has 0 aliphatic heterocycles. The topological polar surface area (TPSA) is 57.5 Å². The van der Waals surface area contributed by atoms with Gasteiger partial charge in [-0.3, -0.25) is 4.79 Å². The average Bonchev–Trinajstić information content (AvgIpc) is 2.25. The van der Waals surface area contributed by atoms with E-state index in [0.717, 1.165) is 38.0 Å². The van der Waals surface area contributed by atoms with Crippen LogP contribution in [0.2, 0.25) is 0 Å². The fraction of sp³-hybridized carbons (Fsp3) is 0.923. The Balaban J connectivity index is 1.89. The predicted molar refractivity (Wildman–Crippen MR) is 63.3 cm³/mol. The Kier molecular flexibility index (Phi) is 6.46. The number of aliphatic hydroxyl groups is 1. The summed E-state index contributed by atoms with van der Waals surface area (Å²) in [6.07, 6.45) is 10.1. The van der Waals surface area contributed by atoms with Gasteiger partial charge in [0.2, 0.25) is 0 Å². The maximum absolute atomic E-state index is 10.3. The summed E-state index contributed by atoms with van der Waals surface area (Å²) in [7, 11) is 0. The van der Waals surface area contributed by atoms with Crippen molar-refractivity contribution in [2.24, 2.45) is 5.92 Å². The molecule has 0 heterocycles. The van der Waals surface area contributed by atoms with Crippen molar-refractivity contribution in [3.05, 3.63) is 0 Å². The summed E-state index contributed by atoms with van der Waals surface area (Å²) in [6, 6.07) is 0. The molecular weight excluding hydrogens is 204 g/mol. The summed E-state index contributed by atoms with van der Waals surface area (Å²) < 4.78 is 0. The number of aliphatic hydroxyl groups excluding tert-OH is 1. The Labute approximate surface area is 97.9 Å². The summed E-state index contributed by atoms with van der Waals surface area (Å²) in [5.41, 5.74) is 0. The third-order valence-electron chi connectivity index (χ3n) is 3.57. The number of hydrogen-bond acceptors (Lipinski definition) is 2. The lowest BCUT2D eigenvalue weighted by molar-refractivity contribution is -0.137. The smallest absolute Gasteiger partial charge is 0.303 e. The fourth-order valence-corrected chi connectivity index (χ4v) is 2.50. The van der Waals surface area contributed by atoms with Crippen molar-refractivity contribution < 1.29 is 15.0 Å². The van der Waals surface area contributed by atoms with Gasteiger partial charge in [-0.15, -0.1) is 0 Å². The van der Waals surface area contributed by atoms with Crippen molar-refractivity contribution in [1.82, 2.24) is 0 Å². The van der Waals surface area contributed by atoms with Gasteiger partial charge in [0.05, 0.1) is 6.10 Å². The van der Waals surface area contributed by atoms with E-state index in [1.807, 2.05) is 0 Å². The Hall–Kier alpha value is -0.570. The quantitative estimate of drug-likeness (QED) is 0.659. The minimum absolute atomic E-state index is 0.0492. The van der Waals surface area contributed by atoms with E-state index in [1.165, 1.54) is 25.7 Å². The molecule has 0 spiro atoms. The minimum atomic E-state index is -0.679. The van der Waals surface area contributed by atoms with E-state index in [9.17, 15) is 9.90 Å². The maximum Gasteiger partial charge on any atom is 0.303 e. The highest BCUT2D eigenvalue weighted by Crippen LogP contribution is 2.28. The van der Waals surface area contributed by atoms with Crippen LogP contribution in [0, 0.1) is 5.92 Å². The summed E-state index contributed by atoms with van der Waals surface area (Å²) >= 11 is 0. The van der Waals surface area contributed by atoms with Gasteiger partial charge in [0.15, 0.2) is 0 Å². The third-order valence-corrected chi connectivity index (χ3v) is 3.57. The lowest BCUT2D eigenvalue weighted by Gasteiger charge is -2.25. The van der Waals surface area contributed by atoms with Gasteiger partial charge in [0, 0.05) is 6.42 Å². The van der Waals surface area contributed by atoms with E-state index in [4.69, 9.17) is 5.11 Å². The first-order valence-electron chi connectivity index (χ1n) is 6.58. The standard InChI is InChI=1S/C13H24O3/c14-12-9-7-11(8-10-12)5-3-1-2-4-6-13(15)16/h11-12,14H,1-10H2,(H,15,16)/t11-,12+. The number of carboxylic acids is 1. The molecule has 0 atom stereocenters. The highest BCUT2D eigenvalue weighted by atomic mass is 16.4. The van der Waals surface area contributed by atoms with Gasteiger partial charge in [0.25, 0.3) is 0 Å². The SMILES string of the molecule is O=C(O)CCCCCC[C@H]1CC[C@@H](O)CC1. The highest BCUT2D eigenvalue weighted by Gasteiger charge is 2.18. The second kappa shape index (κ2) is 7.66. The number of unbranched alkanes of at least 4 members (excludes halogenated alkanes) is 3. The van der Waals surface area contributed by atoms with Crippen LogP contribution in [0.4, 0.5) is 0 Å². The zero-order valence-corrected chi connectivity index (χ0v) is 10.0. The molecule has 0 saturated heterocycles. The monoisotopic (exact) mass is 228 g/mol. The number of rotatable bonds is 7. The molecule has 1 rings (SSSR count). The molecule has 0 radical (unpaired) electrons. The van der Waals surface area contributed by atoms with Crippen LogP contribution in [0.5, 0.6) is 0 Å². The zero-order chi connectivity index (χ0) is 11.8. The first-order valence-corrected chi connectivity index (χ1v) is 6.58. The van der Waals surface area contributed by atoms with Gasteiger partial charge < -0.3 is 10.2 Å². The second-order valence-corrected chi connectivity index (χ2v) is 5.02. The van der Waals surface area contributed by atoms with E-state index >= 15 is 0 Å². The first-order chi connectivity index (χ1) is 7.68. The lowest BCUT2D eigenvalue weighted by atomic mass is 9.84. The van der Waals surface area contributed by atoms with Crippen LogP contribution in [-0.4, -0.2) is 22.3 Å². The number of aliphatic carboxylic acids is 1. The van der Waals surface area contributed by atoms with Gasteiger partial charge in [0.1, 0.15) is 0 Å². The van der Waals surface area contributed by atoms with Crippen molar-refractivity contribution in [3.8, 4) is 0 Å². The van der Waals surface area contributed by atoms with E-state index < -0.39 is 5.97 Å². The molecular formula is C13H24O3. The van der Waals surface area contributed by atoms with Gasteiger partial charge in [-0.05, 0) is 38.0 Å². The lowest BCUT2D eigenvalue weighted by Crippen LogP contribution is -2.17. The van der Waals surface area contributed by atoms with Gasteiger partial charge in [-0.25, -0.2) is 0 Å². The molecule has 1 fully saturated rings. The second-order valence-electron chi connectivity index (χ2n) is 5.02. The van der Waals surface area contributed by atoms with Crippen molar-refractivity contribution in [3.63, 3.8) is 0 Å². The van der Waals surface area contributed by atoms with Gasteiger partial charge in [-0.2, -0.15) is 0 Å². The fourth-order valence-electron chi connectivity index (χ4n) is 2.50. The highest BCUT2D eigenvalue weighted by molar-refractivity contribution is 5.66. The van der Waals surface area contributed by atoms with Crippen LogP contribution in [0.3, 0.4) is 0 Å². The summed E-state index contributed by atoms with van der Waals surface area (Å²) in [5.74, 6) is 0.129. The molecule has 0 aromatic rings. The van der Waals surface area contributed by atoms with Crippen LogP contribution in [0.15, 0.2) is 0 Å². The minimum Gasteiger partial charge on any atom is -0.481 e. The normalized spacial score (nSPS) is 25.6. The van der Waals surface area contributed by atoms with E-state index in [-0.39, 0.29) is 6.10 Å². The number of carboxylic acid groups (broad SMARTS) is 1. The Bertz CT molecular complexity index is 195. The molecule has 0 bridgehead atoms. The van der Waals surface area contributed by atoms with Gasteiger partial charge >= 0.3 is 5.97 Å². The summed E-state index contributed by atoms with van der Waals surface area (Å²) in [6.45, 7) is 0. The number of hydrogen-bond donors (Lipinski definition) is 2. The summed E-state index contributed by atoms with van der Waals surface area (Å²) in [4.78, 5) is 10.3. The van der Waals surface area contributed by atoms with E-state index in [0.29, 0.717) is 6.42 Å². The van der Waals surface area contributed by atoms with Crippen LogP contribution in [0.25, 0.3) is 0 Å². The third kappa shape index (κ3) is 6.11. The average molecular weight is 228 g/mol. The Morgan fingerprint density at radius 1 is 1.00 bits per heavy atom. The molecule has 3 nitrogen and oxygen atoms in total. The molecule has 0 aromatic heterocycles. The van der Waals surface area contributed by atoms with Crippen molar-refractivity contribution >= 4 is 5.97 Å². The molecule has 2 N–H and O–H groups in total. The molecule has 16 heavy (non-hydrogen) atoms. The van der Waals surface area contributed by atoms with Crippen molar-refractivity contribution in [2.75, 3.05) is 0 Å². The molecule has 3 heteroatoms. The zero-order valence-electron chi connectivity index (χ0n) is 10.0. The largest absolute Gasteiger partial charge is 0.481 e. The first kappa shape index (κ1) is 13.5. The molecule has 0 amide bonds. The number of carbonyl (C=O) groups is 1. The molecule has 94 valence electrons. The van der Waals surface area contributed by atoms with Crippen LogP contribution >= 0.6 is 0 Å². The van der Waals surface area contributed by atoms with Crippen LogP contribution in [-0.2, 0) is 4.79 Å². The van der Waals surface area contributed by atoms with Crippen LogP contribution < -0.4 is 0 Å². The van der Waals surface area contributed by atoms with Crippen molar-refractivity contribution in [2.45, 2.75) is 70.3 Å². The Morgan fingerprint density at radius 3 is 2.25 bits per heavy atom. The molecule has 0 aromatic carbocycles. The van der Waals surface area contributed by atoms with Crippen molar-refractivity contribution in [1.29, 1.82) is 0 Å². The maximum atomic E-state index is 10.3.